The summed E-state index contributed by atoms with van der Waals surface area (Å²) in [7, 11) is 0. The van der Waals surface area contributed by atoms with E-state index in [9.17, 15) is 0 Å². The van der Waals surface area contributed by atoms with E-state index in [1.165, 1.54) is 24.0 Å². The van der Waals surface area contributed by atoms with Gasteiger partial charge in [0.25, 0.3) is 0 Å². The van der Waals surface area contributed by atoms with E-state index in [0.717, 1.165) is 24.5 Å². The number of hydrogen-bond acceptors (Lipinski definition) is 3. The molecule has 0 bridgehead atoms. The molecule has 0 radical (unpaired) electrons. The topological polar surface area (TPSA) is 34.4 Å². The first-order valence-electron chi connectivity index (χ1n) is 8.93. The van der Waals surface area contributed by atoms with Gasteiger partial charge in [0, 0.05) is 17.5 Å². The van der Waals surface area contributed by atoms with E-state index in [2.05, 4.69) is 53.8 Å². The zero-order chi connectivity index (χ0) is 16.9. The lowest BCUT2D eigenvalue weighted by molar-refractivity contribution is 0.277. The number of rotatable bonds is 6. The van der Waals surface area contributed by atoms with Crippen LogP contribution in [0.1, 0.15) is 35.4 Å². The predicted octanol–water partition coefficient (Wildman–Crippen LogP) is 4.59. The van der Waals surface area contributed by atoms with Crippen LogP contribution in [-0.2, 0) is 0 Å². The first-order valence-corrected chi connectivity index (χ1v) is 8.93. The Morgan fingerprint density at radius 1 is 0.960 bits per heavy atom. The molecule has 1 aliphatic rings. The maximum atomic E-state index is 5.94. The van der Waals surface area contributed by atoms with Crippen molar-refractivity contribution >= 4 is 0 Å². The summed E-state index contributed by atoms with van der Waals surface area (Å²) in [6.07, 6.45) is 6.01. The summed E-state index contributed by atoms with van der Waals surface area (Å²) < 4.78 is 11.3. The molecule has 128 valence electrons. The molecule has 0 spiro atoms. The van der Waals surface area contributed by atoms with Crippen molar-refractivity contribution in [2.45, 2.75) is 24.8 Å². The van der Waals surface area contributed by atoms with Gasteiger partial charge in [-0.25, -0.2) is 0 Å². The lowest BCUT2D eigenvalue weighted by Crippen LogP contribution is -2.28. The molecule has 1 aromatic heterocycles. The van der Waals surface area contributed by atoms with E-state index in [1.54, 1.807) is 6.26 Å². The third kappa shape index (κ3) is 3.77. The summed E-state index contributed by atoms with van der Waals surface area (Å²) in [6, 6.07) is 21.5. The van der Waals surface area contributed by atoms with Crippen LogP contribution in [0.2, 0.25) is 0 Å². The van der Waals surface area contributed by atoms with Crippen LogP contribution in [0.25, 0.3) is 0 Å². The van der Waals surface area contributed by atoms with Crippen LogP contribution in [-0.4, -0.2) is 19.2 Å². The van der Waals surface area contributed by atoms with Crippen molar-refractivity contribution in [1.29, 1.82) is 0 Å². The maximum absolute atomic E-state index is 5.94. The van der Waals surface area contributed by atoms with Crippen molar-refractivity contribution < 1.29 is 9.15 Å². The smallest absolute Gasteiger partial charge is 0.119 e. The molecule has 0 saturated carbocycles. The fraction of sp³-hybridized carbons (Fsp3) is 0.273. The first-order chi connectivity index (χ1) is 12.4. The van der Waals surface area contributed by atoms with Gasteiger partial charge in [-0.3, -0.25) is 0 Å². The fourth-order valence-corrected chi connectivity index (χ4v) is 3.51. The largest absolute Gasteiger partial charge is 0.492 e. The average molecular weight is 333 g/mol. The molecule has 25 heavy (non-hydrogen) atoms. The third-order valence-corrected chi connectivity index (χ3v) is 4.84. The quantitative estimate of drug-likeness (QED) is 0.716. The third-order valence-electron chi connectivity index (χ3n) is 4.84. The van der Waals surface area contributed by atoms with Gasteiger partial charge in [0.1, 0.15) is 12.4 Å². The fourth-order valence-electron chi connectivity index (χ4n) is 3.51. The van der Waals surface area contributed by atoms with E-state index in [4.69, 9.17) is 9.15 Å². The highest BCUT2D eigenvalue weighted by atomic mass is 16.5. The summed E-state index contributed by atoms with van der Waals surface area (Å²) in [6.45, 7) is 1.85. The monoisotopic (exact) mass is 333 g/mol. The Balaban J connectivity index is 1.53. The molecule has 3 nitrogen and oxygen atoms in total. The van der Waals surface area contributed by atoms with E-state index in [-0.39, 0.29) is 5.92 Å². The summed E-state index contributed by atoms with van der Waals surface area (Å²) in [4.78, 5) is 0. The molecule has 2 atom stereocenters. The standard InChI is InChI=1S/C22H23NO2/c1-2-5-17(6-3-1)22(19-12-14-24-15-19)18-8-10-21(11-9-18)25-16-20-7-4-13-23-20/h1-3,5-6,8-12,14-15,20,22-23H,4,7,13,16H2. The molecular formula is C22H23NO2. The zero-order valence-corrected chi connectivity index (χ0v) is 14.2. The van der Waals surface area contributed by atoms with E-state index < -0.39 is 0 Å². The molecule has 2 aromatic carbocycles. The van der Waals surface area contributed by atoms with Gasteiger partial charge in [-0.1, -0.05) is 42.5 Å². The molecule has 1 N–H and O–H groups in total. The molecule has 2 unspecified atom stereocenters. The Labute approximate surface area is 148 Å². The van der Waals surface area contributed by atoms with Gasteiger partial charge in [0.15, 0.2) is 0 Å². The highest BCUT2D eigenvalue weighted by Gasteiger charge is 2.18. The summed E-state index contributed by atoms with van der Waals surface area (Å²) in [5, 5.41) is 3.46. The van der Waals surface area contributed by atoms with Gasteiger partial charge in [0.05, 0.1) is 12.5 Å². The zero-order valence-electron chi connectivity index (χ0n) is 14.2. The van der Waals surface area contributed by atoms with Crippen molar-refractivity contribution in [2.24, 2.45) is 0 Å². The lowest BCUT2D eigenvalue weighted by atomic mass is 9.87. The van der Waals surface area contributed by atoms with Crippen molar-refractivity contribution in [3.8, 4) is 5.75 Å². The normalized spacial score (nSPS) is 18.2. The summed E-state index contributed by atoms with van der Waals surface area (Å²) >= 11 is 0. The van der Waals surface area contributed by atoms with Gasteiger partial charge in [0.2, 0.25) is 0 Å². The molecule has 3 heteroatoms. The van der Waals surface area contributed by atoms with Crippen LogP contribution in [0.4, 0.5) is 0 Å². The lowest BCUT2D eigenvalue weighted by Gasteiger charge is -2.18. The average Bonchev–Trinajstić information content (AvgIpc) is 3.36. The second-order valence-electron chi connectivity index (χ2n) is 6.57. The second-order valence-corrected chi connectivity index (χ2v) is 6.57. The number of nitrogens with one attached hydrogen (secondary N) is 1. The van der Waals surface area contributed by atoms with Crippen molar-refractivity contribution in [3.05, 3.63) is 89.9 Å². The van der Waals surface area contributed by atoms with Gasteiger partial charge >= 0.3 is 0 Å². The summed E-state index contributed by atoms with van der Waals surface area (Å²) in [5.74, 6) is 1.10. The Hall–Kier alpha value is -2.52. The molecule has 3 aromatic rings. The van der Waals surface area contributed by atoms with Crippen molar-refractivity contribution in [1.82, 2.24) is 5.32 Å². The molecule has 1 saturated heterocycles. The molecule has 2 heterocycles. The van der Waals surface area contributed by atoms with Crippen LogP contribution >= 0.6 is 0 Å². The molecular weight excluding hydrogens is 310 g/mol. The minimum atomic E-state index is 0.172. The molecule has 0 amide bonds. The Morgan fingerprint density at radius 3 is 2.44 bits per heavy atom. The van der Waals surface area contributed by atoms with E-state index in [1.807, 2.05) is 18.4 Å². The Morgan fingerprint density at radius 2 is 1.76 bits per heavy atom. The maximum Gasteiger partial charge on any atom is 0.119 e. The number of furan rings is 1. The molecule has 4 rings (SSSR count). The van der Waals surface area contributed by atoms with Crippen LogP contribution in [0.3, 0.4) is 0 Å². The molecule has 1 fully saturated rings. The first kappa shape index (κ1) is 16.0. The van der Waals surface area contributed by atoms with E-state index in [0.29, 0.717) is 6.04 Å². The number of hydrogen-bond donors (Lipinski definition) is 1. The van der Waals surface area contributed by atoms with Gasteiger partial charge < -0.3 is 14.5 Å². The summed E-state index contributed by atoms with van der Waals surface area (Å²) in [5.41, 5.74) is 3.65. The minimum absolute atomic E-state index is 0.172. The molecule has 0 aliphatic carbocycles. The SMILES string of the molecule is c1ccc(C(c2ccc(OCC3CCCN3)cc2)c2ccoc2)cc1. The van der Waals surface area contributed by atoms with Crippen molar-refractivity contribution in [3.63, 3.8) is 0 Å². The second kappa shape index (κ2) is 7.58. The Kier molecular flexibility index (Phi) is 4.84. The minimum Gasteiger partial charge on any atom is -0.492 e. The molecule has 1 aliphatic heterocycles. The van der Waals surface area contributed by atoms with Gasteiger partial charge in [-0.05, 0) is 48.7 Å². The van der Waals surface area contributed by atoms with Crippen LogP contribution in [0.5, 0.6) is 5.75 Å². The van der Waals surface area contributed by atoms with Crippen LogP contribution in [0, 0.1) is 0 Å². The predicted molar refractivity (Wildman–Crippen MR) is 99.1 cm³/mol. The van der Waals surface area contributed by atoms with Gasteiger partial charge in [-0.15, -0.1) is 0 Å². The van der Waals surface area contributed by atoms with Crippen LogP contribution < -0.4 is 10.1 Å². The highest BCUT2D eigenvalue weighted by molar-refractivity contribution is 5.43. The van der Waals surface area contributed by atoms with E-state index >= 15 is 0 Å². The number of ether oxygens (including phenoxy) is 1. The van der Waals surface area contributed by atoms with Gasteiger partial charge in [-0.2, -0.15) is 0 Å². The van der Waals surface area contributed by atoms with Crippen LogP contribution in [0.15, 0.2) is 77.6 Å². The number of benzene rings is 2. The Bertz CT molecular complexity index is 760. The highest BCUT2D eigenvalue weighted by Crippen LogP contribution is 2.33. The van der Waals surface area contributed by atoms with Crippen molar-refractivity contribution in [2.75, 3.05) is 13.2 Å².